The van der Waals surface area contributed by atoms with Crippen LogP contribution in [0.5, 0.6) is 0 Å². The topological polar surface area (TPSA) is 98.7 Å². The molecule has 1 spiro atoms. The molecule has 4 aliphatic rings. The molecule has 178 valence electrons. The molecule has 1 saturated carbocycles. The molecule has 3 amide bonds. The Balaban J connectivity index is 1.42. The number of carbonyl (C=O) groups is 3. The number of nitrogens with zero attached hydrogens (tertiary/aromatic N) is 1. The van der Waals surface area contributed by atoms with Crippen LogP contribution in [0.1, 0.15) is 51.4 Å². The number of aliphatic hydroxyl groups is 1. The third kappa shape index (κ3) is 3.95. The van der Waals surface area contributed by atoms with Gasteiger partial charge in [0.25, 0.3) is 0 Å². The summed E-state index contributed by atoms with van der Waals surface area (Å²) in [7, 11) is 0. The van der Waals surface area contributed by atoms with Crippen molar-refractivity contribution in [2.75, 3.05) is 18.5 Å². The maximum absolute atomic E-state index is 13.7. The summed E-state index contributed by atoms with van der Waals surface area (Å²) in [5.41, 5.74) is 0.721. The third-order valence-electron chi connectivity index (χ3n) is 7.90. The molecular weight excluding hydrogens is 438 g/mol. The van der Waals surface area contributed by atoms with Gasteiger partial charge in [0.05, 0.1) is 16.6 Å². The van der Waals surface area contributed by atoms with Gasteiger partial charge in [-0.2, -0.15) is 0 Å². The van der Waals surface area contributed by atoms with Gasteiger partial charge in [-0.3, -0.25) is 14.4 Å². The maximum atomic E-state index is 13.7. The number of thioether (sulfide) groups is 1. The zero-order valence-electron chi connectivity index (χ0n) is 18.9. The standard InChI is InChI=1S/C25H33N3O4S/c29-15-7-14-28-21(23(31)27-17-10-5-2-6-11-17)25-13-12-18(33-25)19(20(25)24(28)32)22(30)26-16-8-3-1-4-9-16/h1,3-4,8-9,17-21,29H,2,5-7,10-15H2,(H,26,30)(H,27,31)/t18-,19+,20-,21?,25?/m0/s1. The van der Waals surface area contributed by atoms with Crippen LogP contribution in [0, 0.1) is 11.8 Å². The van der Waals surface area contributed by atoms with E-state index in [1.165, 1.54) is 6.42 Å². The third-order valence-corrected chi connectivity index (χ3v) is 9.85. The lowest BCUT2D eigenvalue weighted by Crippen LogP contribution is -2.55. The van der Waals surface area contributed by atoms with Crippen molar-refractivity contribution in [3.8, 4) is 0 Å². The average Bonchev–Trinajstić information content (AvgIpc) is 3.46. The zero-order chi connectivity index (χ0) is 23.0. The maximum Gasteiger partial charge on any atom is 0.244 e. The van der Waals surface area contributed by atoms with E-state index in [0.717, 1.165) is 44.2 Å². The van der Waals surface area contributed by atoms with Crippen molar-refractivity contribution in [3.63, 3.8) is 0 Å². The van der Waals surface area contributed by atoms with Gasteiger partial charge in [0.2, 0.25) is 17.7 Å². The van der Waals surface area contributed by atoms with Crippen molar-refractivity contribution in [1.82, 2.24) is 10.2 Å². The van der Waals surface area contributed by atoms with Gasteiger partial charge in [0, 0.05) is 30.1 Å². The van der Waals surface area contributed by atoms with E-state index in [4.69, 9.17) is 0 Å². The molecule has 4 fully saturated rings. The Hall–Kier alpha value is -2.06. The molecule has 2 unspecified atom stereocenters. The highest BCUT2D eigenvalue weighted by atomic mass is 32.2. The number of benzene rings is 1. The average molecular weight is 472 g/mol. The van der Waals surface area contributed by atoms with Crippen molar-refractivity contribution in [1.29, 1.82) is 0 Å². The number of nitrogens with one attached hydrogen (secondary N) is 2. The summed E-state index contributed by atoms with van der Waals surface area (Å²) in [6.07, 6.45) is 7.45. The molecule has 0 radical (unpaired) electrons. The Morgan fingerprint density at radius 3 is 2.58 bits per heavy atom. The lowest BCUT2D eigenvalue weighted by molar-refractivity contribution is -0.139. The molecule has 5 atom stereocenters. The molecule has 2 bridgehead atoms. The van der Waals surface area contributed by atoms with Crippen molar-refractivity contribution in [2.45, 2.75) is 73.4 Å². The van der Waals surface area contributed by atoms with Crippen molar-refractivity contribution < 1.29 is 19.5 Å². The largest absolute Gasteiger partial charge is 0.396 e. The summed E-state index contributed by atoms with van der Waals surface area (Å²) < 4.78 is -0.561. The van der Waals surface area contributed by atoms with E-state index < -0.39 is 22.6 Å². The molecule has 7 nitrogen and oxygen atoms in total. The SMILES string of the molecule is O=C(NC1CCCCC1)C1N(CCCO)C(=O)[C@@H]2[C@H](C(=O)Nc3ccccc3)[C@@H]3CCC12S3. The van der Waals surface area contributed by atoms with Crippen LogP contribution in [0.15, 0.2) is 30.3 Å². The van der Waals surface area contributed by atoms with Gasteiger partial charge in [-0.1, -0.05) is 37.5 Å². The van der Waals surface area contributed by atoms with Crippen molar-refractivity contribution in [3.05, 3.63) is 30.3 Å². The fourth-order valence-corrected chi connectivity index (χ4v) is 8.73. The highest BCUT2D eigenvalue weighted by molar-refractivity contribution is 8.02. The minimum absolute atomic E-state index is 0.0356. The zero-order valence-corrected chi connectivity index (χ0v) is 19.7. The number of aliphatic hydroxyl groups excluding tert-OH is 1. The van der Waals surface area contributed by atoms with E-state index in [1.807, 2.05) is 30.3 Å². The summed E-state index contributed by atoms with van der Waals surface area (Å²) in [6, 6.07) is 8.92. The highest BCUT2D eigenvalue weighted by Gasteiger charge is 2.73. The second-order valence-corrected chi connectivity index (χ2v) is 11.5. The van der Waals surface area contributed by atoms with Crippen LogP contribution in [0.4, 0.5) is 5.69 Å². The van der Waals surface area contributed by atoms with Crippen LogP contribution in [-0.2, 0) is 14.4 Å². The first-order valence-electron chi connectivity index (χ1n) is 12.3. The molecule has 33 heavy (non-hydrogen) atoms. The summed E-state index contributed by atoms with van der Waals surface area (Å²) >= 11 is 1.69. The van der Waals surface area contributed by atoms with E-state index >= 15 is 0 Å². The van der Waals surface area contributed by atoms with Gasteiger partial charge < -0.3 is 20.6 Å². The molecule has 3 N–H and O–H groups in total. The molecule has 5 rings (SSSR count). The second kappa shape index (κ2) is 9.29. The summed E-state index contributed by atoms with van der Waals surface area (Å²) in [5, 5.41) is 15.7. The van der Waals surface area contributed by atoms with Crippen molar-refractivity contribution in [2.24, 2.45) is 11.8 Å². The van der Waals surface area contributed by atoms with E-state index in [9.17, 15) is 19.5 Å². The minimum Gasteiger partial charge on any atom is -0.396 e. The monoisotopic (exact) mass is 471 g/mol. The van der Waals surface area contributed by atoms with E-state index in [-0.39, 0.29) is 35.6 Å². The highest BCUT2D eigenvalue weighted by Crippen LogP contribution is 2.66. The first-order chi connectivity index (χ1) is 16.0. The first-order valence-corrected chi connectivity index (χ1v) is 13.2. The van der Waals surface area contributed by atoms with Crippen LogP contribution in [0.3, 0.4) is 0 Å². The summed E-state index contributed by atoms with van der Waals surface area (Å²) in [5.74, 6) is -1.25. The summed E-state index contributed by atoms with van der Waals surface area (Å²) in [4.78, 5) is 42.4. The Bertz CT molecular complexity index is 906. The quantitative estimate of drug-likeness (QED) is 0.568. The Morgan fingerprint density at radius 1 is 1.09 bits per heavy atom. The number of hydrogen-bond donors (Lipinski definition) is 3. The van der Waals surface area contributed by atoms with Crippen LogP contribution in [0.25, 0.3) is 0 Å². The van der Waals surface area contributed by atoms with Crippen LogP contribution >= 0.6 is 11.8 Å². The van der Waals surface area contributed by atoms with E-state index in [2.05, 4.69) is 10.6 Å². The number of carbonyl (C=O) groups excluding carboxylic acids is 3. The lowest BCUT2D eigenvalue weighted by Gasteiger charge is -2.35. The van der Waals surface area contributed by atoms with Crippen LogP contribution < -0.4 is 10.6 Å². The normalized spacial score (nSPS) is 33.2. The van der Waals surface area contributed by atoms with Gasteiger partial charge in [-0.25, -0.2) is 0 Å². The predicted octanol–water partition coefficient (Wildman–Crippen LogP) is 2.55. The molecule has 1 aromatic rings. The fraction of sp³-hybridized carbons (Fsp3) is 0.640. The number of hydrogen-bond acceptors (Lipinski definition) is 5. The number of likely N-dealkylation sites (tertiary alicyclic amines) is 1. The molecule has 3 saturated heterocycles. The molecule has 8 heteroatoms. The Morgan fingerprint density at radius 2 is 1.85 bits per heavy atom. The van der Waals surface area contributed by atoms with Crippen LogP contribution in [0.2, 0.25) is 0 Å². The van der Waals surface area contributed by atoms with E-state index in [0.29, 0.717) is 13.0 Å². The lowest BCUT2D eigenvalue weighted by atomic mass is 9.70. The van der Waals surface area contributed by atoms with Gasteiger partial charge in [-0.05, 0) is 44.2 Å². The van der Waals surface area contributed by atoms with E-state index in [1.54, 1.807) is 16.7 Å². The molecule has 1 aliphatic carbocycles. The predicted molar refractivity (Wildman–Crippen MR) is 128 cm³/mol. The molecular formula is C25H33N3O4S. The van der Waals surface area contributed by atoms with Gasteiger partial charge >= 0.3 is 0 Å². The van der Waals surface area contributed by atoms with Gasteiger partial charge in [0.15, 0.2) is 0 Å². The van der Waals surface area contributed by atoms with Gasteiger partial charge in [0.1, 0.15) is 6.04 Å². The first kappa shape index (κ1) is 22.7. The molecule has 1 aromatic carbocycles. The number of fused-ring (bicyclic) bond motifs is 1. The molecule has 3 heterocycles. The Labute approximate surface area is 199 Å². The smallest absolute Gasteiger partial charge is 0.244 e. The minimum atomic E-state index is -0.576. The number of para-hydroxylation sites is 1. The van der Waals surface area contributed by atoms with Gasteiger partial charge in [-0.15, -0.1) is 11.8 Å². The second-order valence-electron chi connectivity index (χ2n) is 9.86. The van der Waals surface area contributed by atoms with Crippen molar-refractivity contribution >= 4 is 35.2 Å². The molecule has 0 aromatic heterocycles. The summed E-state index contributed by atoms with van der Waals surface area (Å²) in [6.45, 7) is 0.306. The number of amides is 3. The fourth-order valence-electron chi connectivity index (χ4n) is 6.51. The molecule has 3 aliphatic heterocycles. The number of rotatable bonds is 7. The van der Waals surface area contributed by atoms with Crippen LogP contribution in [-0.4, -0.2) is 63.0 Å². The number of anilines is 1. The Kier molecular flexibility index (Phi) is 6.40.